The number of hydrogen-bond donors (Lipinski definition) is 1. The lowest BCUT2D eigenvalue weighted by molar-refractivity contribution is 0.347. The van der Waals surface area contributed by atoms with E-state index in [0.717, 1.165) is 31.5 Å². The highest BCUT2D eigenvalue weighted by atomic mass is 35.5. The van der Waals surface area contributed by atoms with Crippen LogP contribution in [0.2, 0.25) is 5.02 Å². The molecule has 3 nitrogen and oxygen atoms in total. The Balaban J connectivity index is 1.51. The van der Waals surface area contributed by atoms with Crippen LogP contribution in [0.1, 0.15) is 17.8 Å². The molecule has 0 saturated carbocycles. The number of aryl methyl sites for hydroxylation is 1. The van der Waals surface area contributed by atoms with Crippen molar-refractivity contribution < 1.29 is 4.39 Å². The van der Waals surface area contributed by atoms with Crippen molar-refractivity contribution in [2.24, 2.45) is 5.92 Å². The molecule has 0 fully saturated rings. The number of imidazole rings is 1. The molecule has 0 aliphatic carbocycles. The van der Waals surface area contributed by atoms with E-state index < -0.39 is 0 Å². The average molecular weight is 294 g/mol. The molecule has 20 heavy (non-hydrogen) atoms. The van der Waals surface area contributed by atoms with Crippen LogP contribution in [0.15, 0.2) is 30.6 Å². The second-order valence-corrected chi connectivity index (χ2v) is 5.67. The number of hydrogen-bond acceptors (Lipinski definition) is 2. The first-order valence-corrected chi connectivity index (χ1v) is 7.25. The fourth-order valence-electron chi connectivity index (χ4n) is 2.68. The van der Waals surface area contributed by atoms with E-state index in [-0.39, 0.29) is 5.82 Å². The van der Waals surface area contributed by atoms with Gasteiger partial charge in [-0.3, -0.25) is 0 Å². The molecule has 1 atom stereocenters. The van der Waals surface area contributed by atoms with E-state index in [2.05, 4.69) is 14.9 Å². The standard InChI is InChI=1S/C15H17ClFN3/c16-14-7-13(17)3-2-12(14)9-18-8-11-1-4-15-19-5-6-20(15)10-11/h2-3,5-7,11,18H,1,4,8-10H2. The molecule has 0 saturated heterocycles. The maximum Gasteiger partial charge on any atom is 0.124 e. The summed E-state index contributed by atoms with van der Waals surface area (Å²) in [6.07, 6.45) is 6.10. The van der Waals surface area contributed by atoms with Gasteiger partial charge in [-0.05, 0) is 36.6 Å². The van der Waals surface area contributed by atoms with Crippen LogP contribution in [-0.2, 0) is 19.5 Å². The van der Waals surface area contributed by atoms with Crippen LogP contribution >= 0.6 is 11.6 Å². The van der Waals surface area contributed by atoms with Crippen molar-refractivity contribution in [3.8, 4) is 0 Å². The summed E-state index contributed by atoms with van der Waals surface area (Å²) < 4.78 is 15.2. The Morgan fingerprint density at radius 1 is 1.45 bits per heavy atom. The van der Waals surface area contributed by atoms with Gasteiger partial charge in [-0.15, -0.1) is 0 Å². The van der Waals surface area contributed by atoms with E-state index >= 15 is 0 Å². The van der Waals surface area contributed by atoms with E-state index in [1.165, 1.54) is 18.0 Å². The van der Waals surface area contributed by atoms with Gasteiger partial charge in [-0.2, -0.15) is 0 Å². The molecular formula is C15H17ClFN3. The van der Waals surface area contributed by atoms with Crippen molar-refractivity contribution in [2.45, 2.75) is 25.9 Å². The largest absolute Gasteiger partial charge is 0.335 e. The molecule has 1 aromatic carbocycles. The van der Waals surface area contributed by atoms with Gasteiger partial charge in [0.15, 0.2) is 0 Å². The summed E-state index contributed by atoms with van der Waals surface area (Å²) in [6, 6.07) is 4.54. The predicted molar refractivity (Wildman–Crippen MR) is 77.2 cm³/mol. The van der Waals surface area contributed by atoms with Crippen molar-refractivity contribution in [2.75, 3.05) is 6.54 Å². The molecule has 2 aromatic rings. The number of nitrogens with one attached hydrogen (secondary N) is 1. The van der Waals surface area contributed by atoms with Crippen LogP contribution < -0.4 is 5.32 Å². The molecule has 1 aliphatic rings. The summed E-state index contributed by atoms with van der Waals surface area (Å²) in [5.74, 6) is 1.50. The monoisotopic (exact) mass is 293 g/mol. The Hall–Kier alpha value is -1.39. The zero-order chi connectivity index (χ0) is 13.9. The molecule has 2 heterocycles. The van der Waals surface area contributed by atoms with Crippen molar-refractivity contribution in [1.82, 2.24) is 14.9 Å². The van der Waals surface area contributed by atoms with E-state index in [1.807, 2.05) is 12.4 Å². The minimum absolute atomic E-state index is 0.293. The van der Waals surface area contributed by atoms with Crippen molar-refractivity contribution in [1.29, 1.82) is 0 Å². The zero-order valence-corrected chi connectivity index (χ0v) is 11.9. The zero-order valence-electron chi connectivity index (χ0n) is 11.1. The summed E-state index contributed by atoms with van der Waals surface area (Å²) in [6.45, 7) is 2.62. The molecule has 106 valence electrons. The Bertz CT molecular complexity index is 597. The molecule has 5 heteroatoms. The van der Waals surface area contributed by atoms with Gasteiger partial charge in [0, 0.05) is 36.9 Å². The number of fused-ring (bicyclic) bond motifs is 1. The third-order valence-electron chi connectivity index (χ3n) is 3.80. The normalized spacial score (nSPS) is 18.0. The Kier molecular flexibility index (Phi) is 4.03. The molecular weight excluding hydrogens is 277 g/mol. The molecule has 3 rings (SSSR count). The highest BCUT2D eigenvalue weighted by Gasteiger charge is 2.18. The van der Waals surface area contributed by atoms with E-state index in [0.29, 0.717) is 17.5 Å². The fraction of sp³-hybridized carbons (Fsp3) is 0.400. The lowest BCUT2D eigenvalue weighted by Crippen LogP contribution is -2.29. The number of rotatable bonds is 4. The molecule has 0 spiro atoms. The first kappa shape index (κ1) is 13.6. The van der Waals surface area contributed by atoms with Gasteiger partial charge in [0.05, 0.1) is 0 Å². The fourth-order valence-corrected chi connectivity index (χ4v) is 2.91. The second-order valence-electron chi connectivity index (χ2n) is 5.27. The second kappa shape index (κ2) is 5.94. The van der Waals surface area contributed by atoms with Crippen LogP contribution in [0.5, 0.6) is 0 Å². The molecule has 0 bridgehead atoms. The first-order chi connectivity index (χ1) is 9.72. The lowest BCUT2D eigenvalue weighted by atomic mass is 9.99. The van der Waals surface area contributed by atoms with Gasteiger partial charge >= 0.3 is 0 Å². The van der Waals surface area contributed by atoms with E-state index in [4.69, 9.17) is 11.6 Å². The highest BCUT2D eigenvalue weighted by molar-refractivity contribution is 6.31. The average Bonchev–Trinajstić information content (AvgIpc) is 2.89. The maximum absolute atomic E-state index is 13.0. The van der Waals surface area contributed by atoms with Gasteiger partial charge in [-0.25, -0.2) is 9.37 Å². The van der Waals surface area contributed by atoms with Crippen LogP contribution in [0, 0.1) is 11.7 Å². The van der Waals surface area contributed by atoms with Crippen LogP contribution in [-0.4, -0.2) is 16.1 Å². The molecule has 1 N–H and O–H groups in total. The maximum atomic E-state index is 13.0. The van der Waals surface area contributed by atoms with Crippen LogP contribution in [0.3, 0.4) is 0 Å². The summed E-state index contributed by atoms with van der Waals surface area (Å²) in [5, 5.41) is 3.90. The minimum Gasteiger partial charge on any atom is -0.335 e. The summed E-state index contributed by atoms with van der Waals surface area (Å²) in [5.41, 5.74) is 0.937. The number of halogens is 2. The van der Waals surface area contributed by atoms with E-state index in [9.17, 15) is 4.39 Å². The highest BCUT2D eigenvalue weighted by Crippen LogP contribution is 2.19. The van der Waals surface area contributed by atoms with Crippen LogP contribution in [0.25, 0.3) is 0 Å². The number of benzene rings is 1. The molecule has 1 unspecified atom stereocenters. The van der Waals surface area contributed by atoms with Gasteiger partial charge in [0.1, 0.15) is 11.6 Å². The van der Waals surface area contributed by atoms with Crippen molar-refractivity contribution >= 4 is 11.6 Å². The number of aromatic nitrogens is 2. The molecule has 1 aliphatic heterocycles. The van der Waals surface area contributed by atoms with Gasteiger partial charge < -0.3 is 9.88 Å². The smallest absolute Gasteiger partial charge is 0.124 e. The predicted octanol–water partition coefficient (Wildman–Crippen LogP) is 3.03. The lowest BCUT2D eigenvalue weighted by Gasteiger charge is -2.24. The SMILES string of the molecule is Fc1ccc(CNCC2CCc3nccn3C2)c(Cl)c1. The quantitative estimate of drug-likeness (QED) is 0.939. The molecule has 0 amide bonds. The van der Waals surface area contributed by atoms with Crippen LogP contribution in [0.4, 0.5) is 4.39 Å². The third kappa shape index (κ3) is 3.02. The van der Waals surface area contributed by atoms with E-state index in [1.54, 1.807) is 6.07 Å². The first-order valence-electron chi connectivity index (χ1n) is 6.87. The summed E-state index contributed by atoms with van der Waals surface area (Å²) >= 11 is 6.01. The Labute approximate surface area is 122 Å². The topological polar surface area (TPSA) is 29.9 Å². The van der Waals surface area contributed by atoms with Gasteiger partial charge in [0.25, 0.3) is 0 Å². The van der Waals surface area contributed by atoms with Crippen molar-refractivity contribution in [3.05, 3.63) is 52.8 Å². The minimum atomic E-state index is -0.293. The molecule has 1 aromatic heterocycles. The third-order valence-corrected chi connectivity index (χ3v) is 4.15. The Morgan fingerprint density at radius 3 is 3.20 bits per heavy atom. The molecule has 0 radical (unpaired) electrons. The van der Waals surface area contributed by atoms with Gasteiger partial charge in [0.2, 0.25) is 0 Å². The summed E-state index contributed by atoms with van der Waals surface area (Å²) in [4.78, 5) is 4.33. The Morgan fingerprint density at radius 2 is 2.35 bits per heavy atom. The van der Waals surface area contributed by atoms with Crippen molar-refractivity contribution in [3.63, 3.8) is 0 Å². The van der Waals surface area contributed by atoms with Gasteiger partial charge in [-0.1, -0.05) is 17.7 Å². The number of nitrogens with zero attached hydrogens (tertiary/aromatic N) is 2. The summed E-state index contributed by atoms with van der Waals surface area (Å²) in [7, 11) is 0.